The molecule has 0 amide bonds. The molecule has 32 heavy (non-hydrogen) atoms. The van der Waals surface area contributed by atoms with Gasteiger partial charge in [-0.15, -0.1) is 13.2 Å². The second-order valence-corrected chi connectivity index (χ2v) is 6.60. The Morgan fingerprint density at radius 2 is 1.66 bits per heavy atom. The van der Waals surface area contributed by atoms with Crippen LogP contribution in [0.1, 0.15) is 11.1 Å². The maximum absolute atomic E-state index is 12.4. The van der Waals surface area contributed by atoms with E-state index in [2.05, 4.69) is 4.74 Å². The van der Waals surface area contributed by atoms with Crippen LogP contribution in [0.3, 0.4) is 0 Å². The first-order valence-electron chi connectivity index (χ1n) is 9.41. The molecule has 0 saturated heterocycles. The first-order chi connectivity index (χ1) is 15.2. The number of carbonyl (C=O) groups is 1. The number of hydrogen-bond acceptors (Lipinski definition) is 4. The Hall–Kier alpha value is -3.94. The Labute approximate surface area is 182 Å². The van der Waals surface area contributed by atoms with Gasteiger partial charge in [-0.1, -0.05) is 36.4 Å². The second kappa shape index (κ2) is 9.91. The van der Waals surface area contributed by atoms with Crippen LogP contribution in [-0.4, -0.2) is 24.5 Å². The number of carboxylic acid groups (broad SMARTS) is 1. The third-order valence-corrected chi connectivity index (χ3v) is 4.41. The van der Waals surface area contributed by atoms with E-state index in [1.54, 1.807) is 31.4 Å². The van der Waals surface area contributed by atoms with Crippen LogP contribution in [0, 0.1) is 0 Å². The molecule has 0 bridgehead atoms. The molecule has 3 rings (SSSR count). The number of ether oxygens (including phenoxy) is 3. The maximum Gasteiger partial charge on any atom is 0.573 e. The Bertz CT molecular complexity index is 1110. The van der Waals surface area contributed by atoms with Gasteiger partial charge in [-0.05, 0) is 47.5 Å². The van der Waals surface area contributed by atoms with Crippen molar-refractivity contribution in [3.05, 3.63) is 83.9 Å². The summed E-state index contributed by atoms with van der Waals surface area (Å²) in [5.74, 6) is -0.356. The first-order valence-corrected chi connectivity index (χ1v) is 9.41. The van der Waals surface area contributed by atoms with Gasteiger partial charge in [-0.25, -0.2) is 4.79 Å². The fraction of sp³-hybridized carbons (Fsp3) is 0.125. The van der Waals surface area contributed by atoms with Crippen molar-refractivity contribution >= 4 is 12.0 Å². The number of halogens is 3. The first kappa shape index (κ1) is 22.7. The van der Waals surface area contributed by atoms with Gasteiger partial charge in [-0.3, -0.25) is 0 Å². The molecule has 0 saturated carbocycles. The summed E-state index contributed by atoms with van der Waals surface area (Å²) in [5.41, 5.74) is 2.60. The zero-order chi connectivity index (χ0) is 23.1. The molecule has 5 nitrogen and oxygen atoms in total. The Morgan fingerprint density at radius 3 is 2.31 bits per heavy atom. The van der Waals surface area contributed by atoms with Gasteiger partial charge in [0.25, 0.3) is 0 Å². The molecule has 166 valence electrons. The normalized spacial score (nSPS) is 11.4. The molecule has 0 fully saturated rings. The summed E-state index contributed by atoms with van der Waals surface area (Å²) in [4.78, 5) is 11.0. The van der Waals surface area contributed by atoms with E-state index in [1.807, 2.05) is 18.2 Å². The van der Waals surface area contributed by atoms with Gasteiger partial charge >= 0.3 is 12.3 Å². The highest BCUT2D eigenvalue weighted by Gasteiger charge is 2.30. The molecule has 0 atom stereocenters. The van der Waals surface area contributed by atoms with Crippen molar-refractivity contribution < 1.29 is 37.3 Å². The topological polar surface area (TPSA) is 65.0 Å². The van der Waals surface area contributed by atoms with Crippen LogP contribution in [0.2, 0.25) is 0 Å². The summed E-state index contributed by atoms with van der Waals surface area (Å²) in [6.45, 7) is 0.195. The SMILES string of the molecule is COc1ccccc1COc1ccc(-c2ccc(OC(F)(F)F)cc2)cc1/C=C/C(=O)O. The zero-order valence-electron chi connectivity index (χ0n) is 16.9. The molecule has 8 heteroatoms. The van der Waals surface area contributed by atoms with Crippen LogP contribution in [0.15, 0.2) is 72.8 Å². The van der Waals surface area contributed by atoms with Crippen LogP contribution in [0.25, 0.3) is 17.2 Å². The zero-order valence-corrected chi connectivity index (χ0v) is 16.9. The predicted octanol–water partition coefficient (Wildman–Crippen LogP) is 5.94. The van der Waals surface area contributed by atoms with E-state index in [4.69, 9.17) is 14.6 Å². The number of aliphatic carboxylic acids is 1. The van der Waals surface area contributed by atoms with Crippen LogP contribution in [-0.2, 0) is 11.4 Å². The summed E-state index contributed by atoms with van der Waals surface area (Å²) >= 11 is 0. The molecular formula is C24H19F3O5. The Morgan fingerprint density at radius 1 is 0.969 bits per heavy atom. The Kier molecular flexibility index (Phi) is 7.04. The average Bonchev–Trinajstić information content (AvgIpc) is 2.76. The van der Waals surface area contributed by atoms with Gasteiger partial charge in [0.2, 0.25) is 0 Å². The standard InChI is InChI=1S/C24H19F3O5/c1-30-21-5-3-2-4-19(21)15-31-22-12-8-17(14-18(22)9-13-23(28)29)16-6-10-20(11-7-16)32-24(25,26)27/h2-14H,15H2,1H3,(H,28,29)/b13-9+. The van der Waals surface area contributed by atoms with Gasteiger partial charge < -0.3 is 19.3 Å². The Balaban J connectivity index is 1.87. The molecule has 0 aromatic heterocycles. The highest BCUT2D eigenvalue weighted by Crippen LogP contribution is 2.31. The van der Waals surface area contributed by atoms with Gasteiger partial charge in [-0.2, -0.15) is 0 Å². The molecule has 0 radical (unpaired) electrons. The smallest absolute Gasteiger partial charge is 0.496 e. The average molecular weight is 444 g/mol. The van der Waals surface area contributed by atoms with E-state index in [-0.39, 0.29) is 12.4 Å². The van der Waals surface area contributed by atoms with Gasteiger partial charge in [0.05, 0.1) is 7.11 Å². The molecule has 0 spiro atoms. The summed E-state index contributed by atoms with van der Waals surface area (Å²) in [6.07, 6.45) is -2.39. The lowest BCUT2D eigenvalue weighted by Crippen LogP contribution is -2.16. The fourth-order valence-electron chi connectivity index (χ4n) is 2.98. The minimum Gasteiger partial charge on any atom is -0.496 e. The highest BCUT2D eigenvalue weighted by molar-refractivity contribution is 5.86. The van der Waals surface area contributed by atoms with E-state index < -0.39 is 12.3 Å². The summed E-state index contributed by atoms with van der Waals surface area (Å²) in [7, 11) is 1.56. The number of rotatable bonds is 8. The molecule has 0 unspecified atom stereocenters. The second-order valence-electron chi connectivity index (χ2n) is 6.60. The number of methoxy groups -OCH3 is 1. The van der Waals surface area contributed by atoms with Gasteiger partial charge in [0, 0.05) is 17.2 Å². The fourth-order valence-corrected chi connectivity index (χ4v) is 2.98. The molecule has 3 aromatic rings. The number of carboxylic acids is 1. The quantitative estimate of drug-likeness (QED) is 0.436. The molecule has 0 aliphatic heterocycles. The van der Waals surface area contributed by atoms with Crippen molar-refractivity contribution in [3.63, 3.8) is 0 Å². The van der Waals surface area contributed by atoms with Crippen molar-refractivity contribution in [1.82, 2.24) is 0 Å². The third kappa shape index (κ3) is 6.28. The molecule has 0 aliphatic carbocycles. The summed E-state index contributed by atoms with van der Waals surface area (Å²) in [5, 5.41) is 9.00. The summed E-state index contributed by atoms with van der Waals surface area (Å²) in [6, 6.07) is 17.8. The van der Waals surface area contributed by atoms with E-state index in [0.29, 0.717) is 28.2 Å². The van der Waals surface area contributed by atoms with Crippen molar-refractivity contribution in [3.8, 4) is 28.4 Å². The van der Waals surface area contributed by atoms with Gasteiger partial charge in [0.15, 0.2) is 0 Å². The lowest BCUT2D eigenvalue weighted by atomic mass is 10.0. The van der Waals surface area contributed by atoms with Gasteiger partial charge in [0.1, 0.15) is 23.9 Å². The predicted molar refractivity (Wildman–Crippen MR) is 113 cm³/mol. The molecule has 1 N–H and O–H groups in total. The summed E-state index contributed by atoms with van der Waals surface area (Å²) < 4.78 is 52.2. The van der Waals surface area contributed by atoms with Crippen molar-refractivity contribution in [2.24, 2.45) is 0 Å². The minimum absolute atomic E-state index is 0.195. The maximum atomic E-state index is 12.4. The van der Waals surface area contributed by atoms with E-state index in [0.717, 1.165) is 11.6 Å². The largest absolute Gasteiger partial charge is 0.573 e. The van der Waals surface area contributed by atoms with Crippen molar-refractivity contribution in [1.29, 1.82) is 0 Å². The number of para-hydroxylation sites is 1. The molecule has 0 heterocycles. The monoisotopic (exact) mass is 444 g/mol. The van der Waals surface area contributed by atoms with Crippen LogP contribution < -0.4 is 14.2 Å². The van der Waals surface area contributed by atoms with Crippen LogP contribution in [0.5, 0.6) is 17.2 Å². The van der Waals surface area contributed by atoms with Crippen LogP contribution >= 0.6 is 0 Å². The molecule has 0 aliphatic rings. The van der Waals surface area contributed by atoms with E-state index in [1.165, 1.54) is 30.3 Å². The molecule has 3 aromatic carbocycles. The number of benzene rings is 3. The number of hydrogen-bond donors (Lipinski definition) is 1. The van der Waals surface area contributed by atoms with Crippen molar-refractivity contribution in [2.75, 3.05) is 7.11 Å². The highest BCUT2D eigenvalue weighted by atomic mass is 19.4. The van der Waals surface area contributed by atoms with E-state index >= 15 is 0 Å². The van der Waals surface area contributed by atoms with Crippen LogP contribution in [0.4, 0.5) is 13.2 Å². The minimum atomic E-state index is -4.77. The van der Waals surface area contributed by atoms with E-state index in [9.17, 15) is 18.0 Å². The number of alkyl halides is 3. The van der Waals surface area contributed by atoms with Crippen molar-refractivity contribution in [2.45, 2.75) is 13.0 Å². The lowest BCUT2D eigenvalue weighted by molar-refractivity contribution is -0.274. The third-order valence-electron chi connectivity index (χ3n) is 4.41. The lowest BCUT2D eigenvalue weighted by Gasteiger charge is -2.14. The molecular weight excluding hydrogens is 425 g/mol.